The highest BCUT2D eigenvalue weighted by Gasteiger charge is 2.50. The minimum Gasteiger partial charge on any atom is -0.481 e. The molecule has 1 fully saturated rings. The van der Waals surface area contributed by atoms with Crippen LogP contribution in [0.15, 0.2) is 35.3 Å². The molecule has 3 rings (SSSR count). The minimum absolute atomic E-state index is 0.110. The highest BCUT2D eigenvalue weighted by Crippen LogP contribution is 2.45. The molecule has 0 bridgehead atoms. The predicted octanol–water partition coefficient (Wildman–Crippen LogP) is 2.21. The van der Waals surface area contributed by atoms with Crippen LogP contribution in [0.25, 0.3) is 0 Å². The number of aliphatic imine (C=N–C) groups is 1. The summed E-state index contributed by atoms with van der Waals surface area (Å²) in [7, 11) is 0. The average molecular weight is 421 g/mol. The first-order valence-electron chi connectivity index (χ1n) is 9.33. The number of carbonyl (C=O) groups is 3. The van der Waals surface area contributed by atoms with E-state index in [1.54, 1.807) is 0 Å². The number of ether oxygens (including phenoxy) is 2. The molecule has 29 heavy (non-hydrogen) atoms. The van der Waals surface area contributed by atoms with Crippen LogP contribution < -0.4 is 0 Å². The van der Waals surface area contributed by atoms with Crippen molar-refractivity contribution in [1.82, 2.24) is 0 Å². The van der Waals surface area contributed by atoms with Crippen molar-refractivity contribution in [2.45, 2.75) is 43.8 Å². The fraction of sp³-hybridized carbons (Fsp3) is 0.500. The summed E-state index contributed by atoms with van der Waals surface area (Å²) in [5, 5.41) is 19.6. The number of fused-ring (bicyclic) bond motifs is 1. The number of nitrogens with zero attached hydrogens (tertiary/aromatic N) is 1. The van der Waals surface area contributed by atoms with E-state index in [1.165, 1.54) is 18.7 Å². The standard InChI is InChI=1S/C20H23NO7S/c1-11(22)27-10-15-13(8-17(23)24)14(9-18(25)26)19-20(28-15)29-16(21-19)7-12-5-3-2-4-6-12/h2-6,13-15,19-20H,7-10H2,1H3,(H,23,24)(H,25,26)/t13-,14+,15-,19+,20+/m0/s1. The zero-order valence-electron chi connectivity index (χ0n) is 15.9. The van der Waals surface area contributed by atoms with Gasteiger partial charge < -0.3 is 19.7 Å². The van der Waals surface area contributed by atoms with Gasteiger partial charge in [-0.1, -0.05) is 42.1 Å². The Kier molecular flexibility index (Phi) is 6.92. The van der Waals surface area contributed by atoms with Crippen molar-refractivity contribution in [2.24, 2.45) is 16.8 Å². The molecule has 0 amide bonds. The molecular weight excluding hydrogens is 398 g/mol. The summed E-state index contributed by atoms with van der Waals surface area (Å²) in [6, 6.07) is 9.31. The van der Waals surface area contributed by atoms with Crippen molar-refractivity contribution in [2.75, 3.05) is 6.61 Å². The highest BCUT2D eigenvalue weighted by atomic mass is 32.2. The monoisotopic (exact) mass is 421 g/mol. The van der Waals surface area contributed by atoms with Gasteiger partial charge in [-0.3, -0.25) is 19.4 Å². The summed E-state index contributed by atoms with van der Waals surface area (Å²) in [5.41, 5.74) is 0.648. The van der Waals surface area contributed by atoms with E-state index in [4.69, 9.17) is 14.5 Å². The summed E-state index contributed by atoms with van der Waals surface area (Å²) >= 11 is 1.43. The van der Waals surface area contributed by atoms with Gasteiger partial charge in [0.2, 0.25) is 0 Å². The van der Waals surface area contributed by atoms with Crippen LogP contribution >= 0.6 is 11.8 Å². The van der Waals surface area contributed by atoms with Crippen LogP contribution in [0.2, 0.25) is 0 Å². The van der Waals surface area contributed by atoms with Gasteiger partial charge in [-0.2, -0.15) is 0 Å². The lowest BCUT2D eigenvalue weighted by molar-refractivity contribution is -0.162. The number of esters is 1. The first-order valence-corrected chi connectivity index (χ1v) is 10.2. The van der Waals surface area contributed by atoms with Crippen molar-refractivity contribution in [3.8, 4) is 0 Å². The van der Waals surface area contributed by atoms with Crippen LogP contribution in [0.5, 0.6) is 0 Å². The molecule has 9 heteroatoms. The lowest BCUT2D eigenvalue weighted by Gasteiger charge is -2.42. The Balaban J connectivity index is 1.84. The lowest BCUT2D eigenvalue weighted by atomic mass is 9.76. The molecule has 8 nitrogen and oxygen atoms in total. The van der Waals surface area contributed by atoms with E-state index in [9.17, 15) is 24.6 Å². The third-order valence-electron chi connectivity index (χ3n) is 5.07. The Hall–Kier alpha value is -2.39. The molecule has 2 aliphatic heterocycles. The summed E-state index contributed by atoms with van der Waals surface area (Å²) in [4.78, 5) is 38.9. The first kappa shape index (κ1) is 21.3. The molecule has 2 aliphatic rings. The molecule has 0 unspecified atom stereocenters. The normalized spacial score (nSPS) is 28.3. The van der Waals surface area contributed by atoms with Crippen LogP contribution in [0, 0.1) is 11.8 Å². The van der Waals surface area contributed by atoms with Gasteiger partial charge in [-0.15, -0.1) is 0 Å². The molecule has 0 aromatic heterocycles. The molecule has 2 N–H and O–H groups in total. The van der Waals surface area contributed by atoms with E-state index in [-0.39, 0.29) is 19.4 Å². The van der Waals surface area contributed by atoms with Gasteiger partial charge >= 0.3 is 17.9 Å². The quantitative estimate of drug-likeness (QED) is 0.613. The van der Waals surface area contributed by atoms with Crippen molar-refractivity contribution >= 4 is 34.7 Å². The Morgan fingerprint density at radius 1 is 1.10 bits per heavy atom. The van der Waals surface area contributed by atoms with Crippen LogP contribution in [-0.4, -0.2) is 57.4 Å². The van der Waals surface area contributed by atoms with E-state index in [0.717, 1.165) is 10.6 Å². The molecule has 1 saturated heterocycles. The fourth-order valence-electron chi connectivity index (χ4n) is 3.85. The molecule has 1 aromatic rings. The summed E-state index contributed by atoms with van der Waals surface area (Å²) < 4.78 is 11.1. The maximum atomic E-state index is 11.5. The van der Waals surface area contributed by atoms with Gasteiger partial charge in [0.05, 0.1) is 30.0 Å². The Morgan fingerprint density at radius 3 is 2.38 bits per heavy atom. The van der Waals surface area contributed by atoms with E-state index >= 15 is 0 Å². The topological polar surface area (TPSA) is 122 Å². The number of carboxylic acid groups (broad SMARTS) is 2. The third-order valence-corrected chi connectivity index (χ3v) is 6.21. The van der Waals surface area contributed by atoms with Gasteiger partial charge in [0, 0.05) is 25.2 Å². The maximum Gasteiger partial charge on any atom is 0.303 e. The van der Waals surface area contributed by atoms with Gasteiger partial charge in [-0.25, -0.2) is 0 Å². The Labute approximate surface area is 172 Å². The number of carbonyl (C=O) groups excluding carboxylic acids is 1. The molecule has 1 aromatic carbocycles. The molecule has 5 atom stereocenters. The summed E-state index contributed by atoms with van der Waals surface area (Å²) in [6.07, 6.45) is -0.595. The number of hydrogen-bond donors (Lipinski definition) is 2. The zero-order valence-corrected chi connectivity index (χ0v) is 16.7. The van der Waals surface area contributed by atoms with E-state index < -0.39 is 47.3 Å². The second-order valence-electron chi connectivity index (χ2n) is 7.16. The second kappa shape index (κ2) is 9.41. The zero-order chi connectivity index (χ0) is 21.0. The van der Waals surface area contributed by atoms with Crippen molar-refractivity contribution < 1.29 is 34.1 Å². The summed E-state index contributed by atoms with van der Waals surface area (Å²) in [6.45, 7) is 1.15. The van der Waals surface area contributed by atoms with Crippen LogP contribution in [0.4, 0.5) is 0 Å². The predicted molar refractivity (Wildman–Crippen MR) is 106 cm³/mol. The lowest BCUT2D eigenvalue weighted by Crippen LogP contribution is -2.50. The average Bonchev–Trinajstić information content (AvgIpc) is 3.04. The van der Waals surface area contributed by atoms with E-state index in [2.05, 4.69) is 0 Å². The van der Waals surface area contributed by atoms with Crippen LogP contribution in [0.1, 0.15) is 25.3 Å². The second-order valence-corrected chi connectivity index (χ2v) is 8.33. The first-order chi connectivity index (χ1) is 13.8. The van der Waals surface area contributed by atoms with Gasteiger partial charge in [0.1, 0.15) is 12.0 Å². The van der Waals surface area contributed by atoms with E-state index in [0.29, 0.717) is 6.42 Å². The van der Waals surface area contributed by atoms with Crippen molar-refractivity contribution in [1.29, 1.82) is 0 Å². The number of rotatable bonds is 8. The Morgan fingerprint density at radius 2 is 1.76 bits per heavy atom. The number of aliphatic carboxylic acids is 2. The van der Waals surface area contributed by atoms with E-state index in [1.807, 2.05) is 30.3 Å². The largest absolute Gasteiger partial charge is 0.481 e. The summed E-state index contributed by atoms with van der Waals surface area (Å²) in [5.74, 6) is -3.72. The van der Waals surface area contributed by atoms with Gasteiger partial charge in [0.15, 0.2) is 0 Å². The highest BCUT2D eigenvalue weighted by molar-refractivity contribution is 8.14. The molecular formula is C20H23NO7S. The number of benzene rings is 1. The van der Waals surface area contributed by atoms with Crippen molar-refractivity contribution in [3.05, 3.63) is 35.9 Å². The Bertz CT molecular complexity index is 797. The minimum atomic E-state index is -1.06. The molecule has 156 valence electrons. The van der Waals surface area contributed by atoms with Crippen molar-refractivity contribution in [3.63, 3.8) is 0 Å². The molecule has 0 aliphatic carbocycles. The smallest absolute Gasteiger partial charge is 0.303 e. The van der Waals surface area contributed by atoms with Crippen LogP contribution in [-0.2, 0) is 30.3 Å². The fourth-order valence-corrected chi connectivity index (χ4v) is 5.15. The molecule has 2 heterocycles. The number of hydrogen-bond acceptors (Lipinski definition) is 7. The number of thioether (sulfide) groups is 1. The number of carboxylic acids is 2. The van der Waals surface area contributed by atoms with Crippen LogP contribution in [0.3, 0.4) is 0 Å². The maximum absolute atomic E-state index is 11.5. The third kappa shape index (κ3) is 5.57. The molecule has 0 spiro atoms. The molecule has 0 radical (unpaired) electrons. The molecule has 0 saturated carbocycles. The van der Waals surface area contributed by atoms with Gasteiger partial charge in [0.25, 0.3) is 0 Å². The van der Waals surface area contributed by atoms with Gasteiger partial charge in [-0.05, 0) is 5.56 Å². The SMILES string of the molecule is CC(=O)OC[C@@H]1O[C@@H]2SC(Cc3ccccc3)=N[C@@H]2[C@H](CC(=O)O)[C@@H]1CC(=O)O.